The van der Waals surface area contributed by atoms with Crippen molar-refractivity contribution in [2.24, 2.45) is 5.41 Å². The molecule has 0 aliphatic carbocycles. The molecule has 0 aromatic heterocycles. The summed E-state index contributed by atoms with van der Waals surface area (Å²) in [7, 11) is 1.28. The van der Waals surface area contributed by atoms with Crippen molar-refractivity contribution in [2.75, 3.05) is 25.2 Å². The molecular weight excluding hydrogens is 244 g/mol. The molecule has 5 nitrogen and oxygen atoms in total. The van der Waals surface area contributed by atoms with Crippen LogP contribution in [-0.2, 0) is 23.9 Å². The lowest BCUT2D eigenvalue weighted by Gasteiger charge is -2.20. The molecule has 0 unspecified atom stereocenters. The fourth-order valence-corrected chi connectivity index (χ4v) is 1.82. The SMILES string of the molecule is CCOC(=O)C(C)(C)C(=O)CSCC(=O)OC. The van der Waals surface area contributed by atoms with Crippen LogP contribution in [0.2, 0.25) is 0 Å². The van der Waals surface area contributed by atoms with E-state index in [2.05, 4.69) is 4.74 Å². The van der Waals surface area contributed by atoms with Crippen molar-refractivity contribution in [3.63, 3.8) is 0 Å². The van der Waals surface area contributed by atoms with E-state index in [0.717, 1.165) is 11.8 Å². The van der Waals surface area contributed by atoms with Crippen molar-refractivity contribution in [2.45, 2.75) is 20.8 Å². The Bertz CT molecular complexity index is 298. The van der Waals surface area contributed by atoms with Gasteiger partial charge in [0.25, 0.3) is 0 Å². The van der Waals surface area contributed by atoms with Gasteiger partial charge in [-0.2, -0.15) is 0 Å². The summed E-state index contributed by atoms with van der Waals surface area (Å²) in [6.07, 6.45) is 0. The molecule has 0 atom stereocenters. The van der Waals surface area contributed by atoms with Crippen LogP contribution in [0, 0.1) is 5.41 Å². The molecule has 0 saturated heterocycles. The Kier molecular flexibility index (Phi) is 6.87. The third-order valence-corrected chi connectivity index (χ3v) is 3.07. The zero-order valence-electron chi connectivity index (χ0n) is 10.6. The highest BCUT2D eigenvalue weighted by Crippen LogP contribution is 2.21. The van der Waals surface area contributed by atoms with E-state index in [-0.39, 0.29) is 23.9 Å². The molecule has 0 heterocycles. The van der Waals surface area contributed by atoms with Gasteiger partial charge in [-0.3, -0.25) is 14.4 Å². The van der Waals surface area contributed by atoms with E-state index in [1.165, 1.54) is 21.0 Å². The Morgan fingerprint density at radius 3 is 2.24 bits per heavy atom. The Morgan fingerprint density at radius 2 is 1.76 bits per heavy atom. The maximum absolute atomic E-state index is 11.8. The maximum Gasteiger partial charge on any atom is 0.319 e. The topological polar surface area (TPSA) is 69.7 Å². The van der Waals surface area contributed by atoms with E-state index in [9.17, 15) is 14.4 Å². The average Bonchev–Trinajstić information content (AvgIpc) is 2.28. The normalized spacial score (nSPS) is 10.8. The largest absolute Gasteiger partial charge is 0.468 e. The van der Waals surface area contributed by atoms with E-state index in [4.69, 9.17) is 4.74 Å². The lowest BCUT2D eigenvalue weighted by atomic mass is 9.89. The quantitative estimate of drug-likeness (QED) is 0.504. The first kappa shape index (κ1) is 16.0. The van der Waals surface area contributed by atoms with Gasteiger partial charge in [0.2, 0.25) is 0 Å². The highest BCUT2D eigenvalue weighted by molar-refractivity contribution is 8.00. The average molecular weight is 262 g/mol. The van der Waals surface area contributed by atoms with E-state index in [1.54, 1.807) is 6.92 Å². The van der Waals surface area contributed by atoms with Gasteiger partial charge in [0.15, 0.2) is 5.78 Å². The van der Waals surface area contributed by atoms with Crippen molar-refractivity contribution < 1.29 is 23.9 Å². The zero-order chi connectivity index (χ0) is 13.5. The van der Waals surface area contributed by atoms with E-state index in [0.29, 0.717) is 0 Å². The first-order valence-electron chi connectivity index (χ1n) is 5.21. The van der Waals surface area contributed by atoms with E-state index < -0.39 is 17.4 Å². The van der Waals surface area contributed by atoms with Crippen LogP contribution in [0.3, 0.4) is 0 Å². The second kappa shape index (κ2) is 7.32. The molecule has 0 fully saturated rings. The van der Waals surface area contributed by atoms with Gasteiger partial charge in [0.1, 0.15) is 5.41 Å². The van der Waals surface area contributed by atoms with Crippen molar-refractivity contribution in [3.8, 4) is 0 Å². The summed E-state index contributed by atoms with van der Waals surface area (Å²) >= 11 is 1.12. The molecule has 0 aromatic rings. The lowest BCUT2D eigenvalue weighted by Crippen LogP contribution is -2.36. The monoisotopic (exact) mass is 262 g/mol. The number of Topliss-reactive ketones (excluding diaryl/α,β-unsaturated/α-hetero) is 1. The molecule has 0 amide bonds. The van der Waals surface area contributed by atoms with Crippen LogP contribution in [0.15, 0.2) is 0 Å². The third kappa shape index (κ3) is 5.21. The fraction of sp³-hybridized carbons (Fsp3) is 0.727. The highest BCUT2D eigenvalue weighted by Gasteiger charge is 2.36. The maximum atomic E-state index is 11.8. The molecule has 0 aliphatic heterocycles. The van der Waals surface area contributed by atoms with Gasteiger partial charge in [-0.05, 0) is 20.8 Å². The second-order valence-electron chi connectivity index (χ2n) is 3.84. The van der Waals surface area contributed by atoms with Crippen molar-refractivity contribution in [1.29, 1.82) is 0 Å². The molecule has 0 saturated carbocycles. The smallest absolute Gasteiger partial charge is 0.319 e. The first-order chi connectivity index (χ1) is 7.86. The number of hydrogen-bond donors (Lipinski definition) is 0. The minimum absolute atomic E-state index is 0.0842. The number of ether oxygens (including phenoxy) is 2. The van der Waals surface area contributed by atoms with Gasteiger partial charge in [0, 0.05) is 0 Å². The highest BCUT2D eigenvalue weighted by atomic mass is 32.2. The number of carbonyl (C=O) groups is 3. The number of rotatable bonds is 7. The first-order valence-corrected chi connectivity index (χ1v) is 6.36. The van der Waals surface area contributed by atoms with Crippen molar-refractivity contribution in [3.05, 3.63) is 0 Å². The zero-order valence-corrected chi connectivity index (χ0v) is 11.4. The molecule has 17 heavy (non-hydrogen) atoms. The van der Waals surface area contributed by atoms with Gasteiger partial charge in [-0.25, -0.2) is 0 Å². The van der Waals surface area contributed by atoms with Gasteiger partial charge in [-0.1, -0.05) is 0 Å². The van der Waals surface area contributed by atoms with E-state index >= 15 is 0 Å². The van der Waals surface area contributed by atoms with Crippen LogP contribution in [0.4, 0.5) is 0 Å². The Hall–Kier alpha value is -1.04. The molecule has 6 heteroatoms. The predicted molar refractivity (Wildman–Crippen MR) is 64.8 cm³/mol. The van der Waals surface area contributed by atoms with Gasteiger partial charge in [0.05, 0.1) is 25.2 Å². The summed E-state index contributed by atoms with van der Waals surface area (Å²) < 4.78 is 9.26. The van der Waals surface area contributed by atoms with Gasteiger partial charge >= 0.3 is 11.9 Å². The van der Waals surface area contributed by atoms with Crippen LogP contribution in [0.1, 0.15) is 20.8 Å². The number of hydrogen-bond acceptors (Lipinski definition) is 6. The molecule has 0 rings (SSSR count). The Balaban J connectivity index is 4.20. The minimum Gasteiger partial charge on any atom is -0.468 e. The number of ketones is 1. The standard InChI is InChI=1S/C11H18O5S/c1-5-16-10(14)11(2,3)8(12)6-17-7-9(13)15-4/h5-7H2,1-4H3. The Morgan fingerprint density at radius 1 is 1.18 bits per heavy atom. The molecule has 0 bridgehead atoms. The predicted octanol–water partition coefficient (Wildman–Crippen LogP) is 1.05. The van der Waals surface area contributed by atoms with Gasteiger partial charge in [-0.15, -0.1) is 11.8 Å². The molecule has 0 spiro atoms. The van der Waals surface area contributed by atoms with Crippen LogP contribution >= 0.6 is 11.8 Å². The molecule has 0 aromatic carbocycles. The van der Waals surface area contributed by atoms with Gasteiger partial charge < -0.3 is 9.47 Å². The third-order valence-electron chi connectivity index (χ3n) is 2.16. The number of carbonyl (C=O) groups excluding carboxylic acids is 3. The number of methoxy groups -OCH3 is 1. The molecular formula is C11H18O5S. The molecule has 0 aliphatic rings. The van der Waals surface area contributed by atoms with Crippen molar-refractivity contribution >= 4 is 29.5 Å². The summed E-state index contributed by atoms with van der Waals surface area (Å²) in [5, 5.41) is 0. The van der Waals surface area contributed by atoms with Crippen LogP contribution in [0.25, 0.3) is 0 Å². The Labute approximate surface area is 105 Å². The minimum atomic E-state index is -1.17. The van der Waals surface area contributed by atoms with Crippen LogP contribution < -0.4 is 0 Å². The summed E-state index contributed by atoms with van der Waals surface area (Å²) in [6, 6.07) is 0. The lowest BCUT2D eigenvalue weighted by molar-refractivity contribution is -0.157. The van der Waals surface area contributed by atoms with Crippen LogP contribution in [0.5, 0.6) is 0 Å². The summed E-state index contributed by atoms with van der Waals surface area (Å²) in [4.78, 5) is 34.1. The number of thioether (sulfide) groups is 1. The van der Waals surface area contributed by atoms with E-state index in [1.807, 2.05) is 0 Å². The number of esters is 2. The van der Waals surface area contributed by atoms with Crippen molar-refractivity contribution in [1.82, 2.24) is 0 Å². The summed E-state index contributed by atoms with van der Waals surface area (Å²) in [5.41, 5.74) is -1.17. The summed E-state index contributed by atoms with van der Waals surface area (Å²) in [5.74, 6) is -1.01. The fourth-order valence-electron chi connectivity index (χ4n) is 0.892. The van der Waals surface area contributed by atoms with Crippen LogP contribution in [-0.4, -0.2) is 42.9 Å². The second-order valence-corrected chi connectivity index (χ2v) is 4.82. The summed E-state index contributed by atoms with van der Waals surface area (Å²) in [6.45, 7) is 4.97. The molecule has 0 N–H and O–H groups in total. The molecule has 98 valence electrons. The molecule has 0 radical (unpaired) electrons.